The molecule has 0 radical (unpaired) electrons. The molecule has 1 fully saturated rings. The Bertz CT molecular complexity index is 568. The van der Waals surface area contributed by atoms with E-state index >= 15 is 0 Å². The highest BCUT2D eigenvalue weighted by molar-refractivity contribution is 7.14. The number of thiazole rings is 1. The highest BCUT2D eigenvalue weighted by Gasteiger charge is 2.41. The van der Waals surface area contributed by atoms with E-state index in [1.54, 1.807) is 0 Å². The van der Waals surface area contributed by atoms with Gasteiger partial charge >= 0.3 is 5.97 Å². The van der Waals surface area contributed by atoms with Gasteiger partial charge in [-0.1, -0.05) is 20.8 Å². The van der Waals surface area contributed by atoms with Gasteiger partial charge in [0.25, 0.3) is 5.91 Å². The standard InChI is InChI=1S/C15H22N2O3S/c1-9-11(21-13(16-9)14(2,3)4)12(20)17-15(6-5-7-15)8-10(18)19/h5-8H2,1-4H3,(H,17,20)(H,18,19). The van der Waals surface area contributed by atoms with E-state index in [1.165, 1.54) is 11.3 Å². The summed E-state index contributed by atoms with van der Waals surface area (Å²) in [5.74, 6) is -1.06. The van der Waals surface area contributed by atoms with Gasteiger partial charge in [-0.15, -0.1) is 11.3 Å². The van der Waals surface area contributed by atoms with Crippen molar-refractivity contribution >= 4 is 23.2 Å². The van der Waals surface area contributed by atoms with E-state index in [9.17, 15) is 9.59 Å². The molecular weight excluding hydrogens is 288 g/mol. The zero-order valence-corrected chi connectivity index (χ0v) is 13.8. The number of hydrogen-bond donors (Lipinski definition) is 2. The number of carboxylic acids is 1. The van der Waals surface area contributed by atoms with Crippen LogP contribution in [-0.4, -0.2) is 27.5 Å². The van der Waals surface area contributed by atoms with E-state index in [4.69, 9.17) is 5.11 Å². The van der Waals surface area contributed by atoms with Crippen LogP contribution in [0.15, 0.2) is 0 Å². The van der Waals surface area contributed by atoms with Crippen LogP contribution in [-0.2, 0) is 10.2 Å². The number of rotatable bonds is 4. The van der Waals surface area contributed by atoms with E-state index in [-0.39, 0.29) is 17.7 Å². The summed E-state index contributed by atoms with van der Waals surface area (Å²) in [6.45, 7) is 8.01. The third-order valence-corrected chi connectivity index (χ3v) is 5.41. The molecule has 0 aromatic carbocycles. The Morgan fingerprint density at radius 3 is 2.38 bits per heavy atom. The second-order valence-electron chi connectivity index (χ2n) is 6.84. The summed E-state index contributed by atoms with van der Waals surface area (Å²) < 4.78 is 0. The topological polar surface area (TPSA) is 79.3 Å². The summed E-state index contributed by atoms with van der Waals surface area (Å²) in [5.41, 5.74) is 0.0527. The number of amides is 1. The molecule has 0 atom stereocenters. The molecule has 1 aliphatic carbocycles. The molecule has 0 bridgehead atoms. The minimum absolute atomic E-state index is 0.0112. The first-order valence-corrected chi connectivity index (χ1v) is 7.97. The Morgan fingerprint density at radius 1 is 1.38 bits per heavy atom. The quantitative estimate of drug-likeness (QED) is 0.896. The minimum Gasteiger partial charge on any atom is -0.481 e. The number of carbonyl (C=O) groups excluding carboxylic acids is 1. The lowest BCUT2D eigenvalue weighted by Crippen LogP contribution is -2.54. The molecule has 2 N–H and O–H groups in total. The van der Waals surface area contributed by atoms with E-state index < -0.39 is 11.5 Å². The van der Waals surface area contributed by atoms with Crippen molar-refractivity contribution < 1.29 is 14.7 Å². The number of aliphatic carboxylic acids is 1. The maximum Gasteiger partial charge on any atom is 0.305 e. The number of aryl methyl sites for hydroxylation is 1. The molecule has 1 saturated carbocycles. The molecule has 1 aliphatic rings. The van der Waals surface area contributed by atoms with Gasteiger partial charge in [0, 0.05) is 5.41 Å². The fourth-order valence-corrected chi connectivity index (χ4v) is 3.48. The Balaban J connectivity index is 2.17. The lowest BCUT2D eigenvalue weighted by molar-refractivity contribution is -0.139. The average molecular weight is 310 g/mol. The van der Waals surface area contributed by atoms with Crippen LogP contribution in [0.1, 0.15) is 66.8 Å². The number of carbonyl (C=O) groups is 2. The zero-order valence-electron chi connectivity index (χ0n) is 12.9. The highest BCUT2D eigenvalue weighted by Crippen LogP contribution is 2.36. The minimum atomic E-state index is -0.869. The molecule has 0 aliphatic heterocycles. The molecule has 21 heavy (non-hydrogen) atoms. The van der Waals surface area contributed by atoms with Gasteiger partial charge in [0.15, 0.2) is 0 Å². The van der Waals surface area contributed by atoms with Gasteiger partial charge in [-0.05, 0) is 26.2 Å². The Labute approximate surface area is 128 Å². The number of carboxylic acid groups (broad SMARTS) is 1. The van der Waals surface area contributed by atoms with Crippen LogP contribution < -0.4 is 5.32 Å². The Kier molecular flexibility index (Phi) is 4.10. The summed E-state index contributed by atoms with van der Waals surface area (Å²) in [6.07, 6.45) is 2.41. The van der Waals surface area contributed by atoms with Crippen LogP contribution in [0, 0.1) is 6.92 Å². The molecule has 116 valence electrons. The van der Waals surface area contributed by atoms with Crippen molar-refractivity contribution in [1.82, 2.24) is 10.3 Å². The molecule has 0 unspecified atom stereocenters. The summed E-state index contributed by atoms with van der Waals surface area (Å²) in [6, 6.07) is 0. The van der Waals surface area contributed by atoms with Crippen molar-refractivity contribution in [3.8, 4) is 0 Å². The first-order chi connectivity index (χ1) is 9.63. The third-order valence-electron chi connectivity index (χ3n) is 3.82. The highest BCUT2D eigenvalue weighted by atomic mass is 32.1. The van der Waals surface area contributed by atoms with Crippen LogP contribution in [0.3, 0.4) is 0 Å². The van der Waals surface area contributed by atoms with Crippen LogP contribution in [0.2, 0.25) is 0 Å². The van der Waals surface area contributed by atoms with E-state index in [0.29, 0.717) is 10.6 Å². The van der Waals surface area contributed by atoms with E-state index in [1.807, 2.05) is 6.92 Å². The first kappa shape index (κ1) is 15.9. The smallest absolute Gasteiger partial charge is 0.305 e. The van der Waals surface area contributed by atoms with Crippen LogP contribution in [0.5, 0.6) is 0 Å². The largest absolute Gasteiger partial charge is 0.481 e. The van der Waals surface area contributed by atoms with E-state index in [2.05, 4.69) is 31.1 Å². The molecule has 1 aromatic rings. The fraction of sp³-hybridized carbons (Fsp3) is 0.667. The summed E-state index contributed by atoms with van der Waals surface area (Å²) in [4.78, 5) is 28.5. The van der Waals surface area contributed by atoms with Gasteiger partial charge in [0.05, 0.1) is 22.7 Å². The van der Waals surface area contributed by atoms with Gasteiger partial charge in [-0.3, -0.25) is 9.59 Å². The van der Waals surface area contributed by atoms with Crippen molar-refractivity contribution in [3.05, 3.63) is 15.6 Å². The first-order valence-electron chi connectivity index (χ1n) is 7.15. The van der Waals surface area contributed by atoms with Crippen molar-refractivity contribution in [3.63, 3.8) is 0 Å². The molecular formula is C15H22N2O3S. The van der Waals surface area contributed by atoms with Gasteiger partial charge < -0.3 is 10.4 Å². The van der Waals surface area contributed by atoms with Crippen LogP contribution >= 0.6 is 11.3 Å². The van der Waals surface area contributed by atoms with Crippen LogP contribution in [0.4, 0.5) is 0 Å². The Morgan fingerprint density at radius 2 is 2.00 bits per heavy atom. The lowest BCUT2D eigenvalue weighted by atomic mass is 9.74. The van der Waals surface area contributed by atoms with Crippen molar-refractivity contribution in [2.45, 2.75) is 64.3 Å². The van der Waals surface area contributed by atoms with Gasteiger partial charge in [0.2, 0.25) is 0 Å². The average Bonchev–Trinajstić information content (AvgIpc) is 2.67. The monoisotopic (exact) mass is 310 g/mol. The molecule has 5 nitrogen and oxygen atoms in total. The SMILES string of the molecule is Cc1nc(C(C)(C)C)sc1C(=O)NC1(CC(=O)O)CCC1. The number of hydrogen-bond acceptors (Lipinski definition) is 4. The molecule has 1 aromatic heterocycles. The predicted octanol–water partition coefficient (Wildman–Crippen LogP) is 2.88. The summed E-state index contributed by atoms with van der Waals surface area (Å²) in [7, 11) is 0. The summed E-state index contributed by atoms with van der Waals surface area (Å²) >= 11 is 1.40. The second-order valence-corrected chi connectivity index (χ2v) is 7.84. The number of aromatic nitrogens is 1. The molecule has 1 heterocycles. The summed E-state index contributed by atoms with van der Waals surface area (Å²) in [5, 5.41) is 12.9. The van der Waals surface area contributed by atoms with Gasteiger partial charge in [-0.2, -0.15) is 0 Å². The van der Waals surface area contributed by atoms with Crippen molar-refractivity contribution in [2.24, 2.45) is 0 Å². The number of nitrogens with one attached hydrogen (secondary N) is 1. The third kappa shape index (κ3) is 3.43. The lowest BCUT2D eigenvalue weighted by Gasteiger charge is -2.41. The second kappa shape index (κ2) is 5.40. The molecule has 2 rings (SSSR count). The molecule has 0 spiro atoms. The Hall–Kier alpha value is -1.43. The fourth-order valence-electron chi connectivity index (χ4n) is 2.46. The maximum atomic E-state index is 12.5. The van der Waals surface area contributed by atoms with Crippen LogP contribution in [0.25, 0.3) is 0 Å². The van der Waals surface area contributed by atoms with Crippen molar-refractivity contribution in [1.29, 1.82) is 0 Å². The molecule has 0 saturated heterocycles. The molecule has 1 amide bonds. The maximum absolute atomic E-state index is 12.5. The number of nitrogens with zero attached hydrogens (tertiary/aromatic N) is 1. The van der Waals surface area contributed by atoms with Crippen molar-refractivity contribution in [2.75, 3.05) is 0 Å². The predicted molar refractivity (Wildman–Crippen MR) is 81.9 cm³/mol. The normalized spacial score (nSPS) is 17.1. The van der Waals surface area contributed by atoms with Gasteiger partial charge in [-0.25, -0.2) is 4.98 Å². The molecule has 6 heteroatoms. The van der Waals surface area contributed by atoms with Gasteiger partial charge in [0.1, 0.15) is 4.88 Å². The zero-order chi connectivity index (χ0) is 15.8. The van der Waals surface area contributed by atoms with E-state index in [0.717, 1.165) is 24.3 Å².